The van der Waals surface area contributed by atoms with Crippen molar-refractivity contribution in [2.45, 2.75) is 20.0 Å². The van der Waals surface area contributed by atoms with Crippen molar-refractivity contribution >= 4 is 0 Å². The highest BCUT2D eigenvalue weighted by atomic mass is 19.1. The Balaban J connectivity index is 2.10. The van der Waals surface area contributed by atoms with Crippen LogP contribution < -0.4 is 5.32 Å². The maximum absolute atomic E-state index is 13.0. The van der Waals surface area contributed by atoms with Crippen molar-refractivity contribution in [2.75, 3.05) is 6.54 Å². The van der Waals surface area contributed by atoms with Crippen LogP contribution in [0.2, 0.25) is 0 Å². The zero-order valence-corrected chi connectivity index (χ0v) is 9.73. The standard InChI is InChI=1S/C12H15FN4/c1-2-14-8-12-16-3-4-17(12)9-10-5-11(13)7-15-6-10/h3-7,14H,2,8-9H2,1H3. The van der Waals surface area contributed by atoms with Crippen LogP contribution in [-0.4, -0.2) is 21.1 Å². The van der Waals surface area contributed by atoms with Gasteiger partial charge in [0.05, 0.1) is 19.3 Å². The summed E-state index contributed by atoms with van der Waals surface area (Å²) in [5.41, 5.74) is 0.834. The van der Waals surface area contributed by atoms with Gasteiger partial charge in [0.1, 0.15) is 11.6 Å². The van der Waals surface area contributed by atoms with Gasteiger partial charge in [-0.1, -0.05) is 6.92 Å². The normalized spacial score (nSPS) is 10.7. The fraction of sp³-hybridized carbons (Fsp3) is 0.333. The van der Waals surface area contributed by atoms with E-state index in [-0.39, 0.29) is 5.82 Å². The Kier molecular flexibility index (Phi) is 3.82. The Morgan fingerprint density at radius 1 is 1.41 bits per heavy atom. The summed E-state index contributed by atoms with van der Waals surface area (Å²) >= 11 is 0. The van der Waals surface area contributed by atoms with Gasteiger partial charge in [-0.15, -0.1) is 0 Å². The average molecular weight is 234 g/mol. The van der Waals surface area contributed by atoms with Gasteiger partial charge >= 0.3 is 0 Å². The van der Waals surface area contributed by atoms with Crippen molar-refractivity contribution in [3.05, 3.63) is 48.1 Å². The Bertz CT molecular complexity index is 481. The molecule has 0 aliphatic heterocycles. The van der Waals surface area contributed by atoms with Gasteiger partial charge in [0, 0.05) is 18.6 Å². The molecule has 0 unspecified atom stereocenters. The van der Waals surface area contributed by atoms with Gasteiger partial charge < -0.3 is 9.88 Å². The molecule has 0 aromatic carbocycles. The molecular formula is C12H15FN4. The van der Waals surface area contributed by atoms with E-state index in [1.165, 1.54) is 12.3 Å². The molecule has 0 spiro atoms. The first-order chi connectivity index (χ1) is 8.29. The summed E-state index contributed by atoms with van der Waals surface area (Å²) in [6, 6.07) is 1.49. The number of nitrogens with zero attached hydrogens (tertiary/aromatic N) is 3. The maximum atomic E-state index is 13.0. The lowest BCUT2D eigenvalue weighted by molar-refractivity contribution is 0.610. The van der Waals surface area contributed by atoms with E-state index in [1.54, 1.807) is 12.4 Å². The maximum Gasteiger partial charge on any atom is 0.141 e. The second-order valence-corrected chi connectivity index (χ2v) is 3.76. The predicted octanol–water partition coefficient (Wildman–Crippen LogP) is 1.57. The molecule has 0 saturated carbocycles. The third-order valence-electron chi connectivity index (χ3n) is 2.45. The minimum Gasteiger partial charge on any atom is -0.329 e. The van der Waals surface area contributed by atoms with Gasteiger partial charge in [0.25, 0.3) is 0 Å². The van der Waals surface area contributed by atoms with Gasteiger partial charge in [0.15, 0.2) is 0 Å². The number of aromatic nitrogens is 3. The van der Waals surface area contributed by atoms with E-state index in [4.69, 9.17) is 0 Å². The first kappa shape index (κ1) is 11.7. The number of imidazole rings is 1. The van der Waals surface area contributed by atoms with E-state index in [0.29, 0.717) is 13.1 Å². The van der Waals surface area contributed by atoms with Crippen molar-refractivity contribution in [1.29, 1.82) is 0 Å². The monoisotopic (exact) mass is 234 g/mol. The van der Waals surface area contributed by atoms with Crippen LogP contribution in [0.1, 0.15) is 18.3 Å². The fourth-order valence-corrected chi connectivity index (χ4v) is 1.63. The Morgan fingerprint density at radius 2 is 2.29 bits per heavy atom. The molecule has 2 aromatic rings. The summed E-state index contributed by atoms with van der Waals surface area (Å²) in [5.74, 6) is 0.631. The van der Waals surface area contributed by atoms with E-state index in [1.807, 2.05) is 17.7 Å². The van der Waals surface area contributed by atoms with Crippen LogP contribution in [0.3, 0.4) is 0 Å². The lowest BCUT2D eigenvalue weighted by Gasteiger charge is -2.08. The van der Waals surface area contributed by atoms with Crippen LogP contribution in [0, 0.1) is 5.82 Å². The summed E-state index contributed by atoms with van der Waals surface area (Å²) < 4.78 is 15.0. The number of hydrogen-bond acceptors (Lipinski definition) is 3. The molecule has 0 bridgehead atoms. The first-order valence-electron chi connectivity index (χ1n) is 5.59. The molecule has 0 fully saturated rings. The van der Waals surface area contributed by atoms with E-state index >= 15 is 0 Å². The van der Waals surface area contributed by atoms with Crippen LogP contribution >= 0.6 is 0 Å². The smallest absolute Gasteiger partial charge is 0.141 e. The van der Waals surface area contributed by atoms with Crippen LogP contribution in [0.15, 0.2) is 30.9 Å². The number of pyridine rings is 1. The topological polar surface area (TPSA) is 42.7 Å². The molecule has 2 rings (SSSR count). The van der Waals surface area contributed by atoms with Gasteiger partial charge in [-0.05, 0) is 18.2 Å². The Hall–Kier alpha value is -1.75. The van der Waals surface area contributed by atoms with E-state index < -0.39 is 0 Å². The zero-order valence-electron chi connectivity index (χ0n) is 9.73. The molecule has 1 N–H and O–H groups in total. The second kappa shape index (κ2) is 5.54. The van der Waals surface area contributed by atoms with Crippen molar-refractivity contribution < 1.29 is 4.39 Å². The molecular weight excluding hydrogens is 219 g/mol. The van der Waals surface area contributed by atoms with Crippen LogP contribution in [0.5, 0.6) is 0 Å². The number of halogens is 1. The summed E-state index contributed by atoms with van der Waals surface area (Å²) in [5, 5.41) is 3.22. The minimum atomic E-state index is -0.309. The quantitative estimate of drug-likeness (QED) is 0.854. The van der Waals surface area contributed by atoms with Crippen molar-refractivity contribution in [3.8, 4) is 0 Å². The van der Waals surface area contributed by atoms with E-state index in [0.717, 1.165) is 17.9 Å². The summed E-state index contributed by atoms with van der Waals surface area (Å²) in [7, 11) is 0. The molecule has 0 aliphatic carbocycles. The lowest BCUT2D eigenvalue weighted by atomic mass is 10.3. The molecule has 0 amide bonds. The minimum absolute atomic E-state index is 0.309. The van der Waals surface area contributed by atoms with Crippen molar-refractivity contribution in [1.82, 2.24) is 19.9 Å². The molecule has 2 heterocycles. The third kappa shape index (κ3) is 3.10. The zero-order chi connectivity index (χ0) is 12.1. The Labute approximate surface area is 99.5 Å². The average Bonchev–Trinajstić information content (AvgIpc) is 2.74. The largest absolute Gasteiger partial charge is 0.329 e. The van der Waals surface area contributed by atoms with Gasteiger partial charge in [-0.3, -0.25) is 4.98 Å². The van der Waals surface area contributed by atoms with Crippen LogP contribution in [0.25, 0.3) is 0 Å². The molecule has 0 atom stereocenters. The van der Waals surface area contributed by atoms with Crippen LogP contribution in [-0.2, 0) is 13.1 Å². The molecule has 90 valence electrons. The Morgan fingerprint density at radius 3 is 3.06 bits per heavy atom. The van der Waals surface area contributed by atoms with Crippen molar-refractivity contribution in [2.24, 2.45) is 0 Å². The van der Waals surface area contributed by atoms with Crippen LogP contribution in [0.4, 0.5) is 4.39 Å². The van der Waals surface area contributed by atoms with Gasteiger partial charge in [0.2, 0.25) is 0 Å². The molecule has 5 heteroatoms. The molecule has 17 heavy (non-hydrogen) atoms. The molecule has 0 saturated heterocycles. The van der Waals surface area contributed by atoms with E-state index in [2.05, 4.69) is 15.3 Å². The molecule has 0 aliphatic rings. The van der Waals surface area contributed by atoms with Crippen molar-refractivity contribution in [3.63, 3.8) is 0 Å². The molecule has 2 aromatic heterocycles. The highest BCUT2D eigenvalue weighted by molar-refractivity contribution is 5.11. The summed E-state index contributed by atoms with van der Waals surface area (Å²) in [6.07, 6.45) is 6.51. The van der Waals surface area contributed by atoms with Gasteiger partial charge in [-0.25, -0.2) is 9.37 Å². The number of rotatable bonds is 5. The first-order valence-corrected chi connectivity index (χ1v) is 5.59. The lowest BCUT2D eigenvalue weighted by Crippen LogP contribution is -2.16. The summed E-state index contributed by atoms with van der Waals surface area (Å²) in [4.78, 5) is 8.09. The molecule has 0 radical (unpaired) electrons. The SMILES string of the molecule is CCNCc1nccn1Cc1cncc(F)c1. The van der Waals surface area contributed by atoms with Gasteiger partial charge in [-0.2, -0.15) is 0 Å². The number of hydrogen-bond donors (Lipinski definition) is 1. The summed E-state index contributed by atoms with van der Waals surface area (Å²) in [6.45, 7) is 4.25. The van der Waals surface area contributed by atoms with E-state index in [9.17, 15) is 4.39 Å². The predicted molar refractivity (Wildman–Crippen MR) is 62.9 cm³/mol. The highest BCUT2D eigenvalue weighted by Gasteiger charge is 2.03. The fourth-order valence-electron chi connectivity index (χ4n) is 1.63. The third-order valence-corrected chi connectivity index (χ3v) is 2.45. The second-order valence-electron chi connectivity index (χ2n) is 3.76. The number of nitrogens with one attached hydrogen (secondary N) is 1. The molecule has 4 nitrogen and oxygen atoms in total. The highest BCUT2D eigenvalue weighted by Crippen LogP contribution is 2.06.